The maximum atomic E-state index is 5.88. The first-order chi connectivity index (χ1) is 13.2. The van der Waals surface area contributed by atoms with Crippen LogP contribution < -0.4 is 15.4 Å². The lowest BCUT2D eigenvalue weighted by molar-refractivity contribution is 0.110. The first kappa shape index (κ1) is 20.8. The van der Waals surface area contributed by atoms with E-state index >= 15 is 0 Å². The third kappa shape index (κ3) is 6.94. The monoisotopic (exact) mass is 374 g/mol. The van der Waals surface area contributed by atoms with E-state index < -0.39 is 0 Å². The molecule has 0 aliphatic rings. The Labute approximate surface area is 161 Å². The summed E-state index contributed by atoms with van der Waals surface area (Å²) in [7, 11) is 1.74. The minimum atomic E-state index is 0.526. The van der Waals surface area contributed by atoms with Crippen molar-refractivity contribution in [2.75, 3.05) is 26.9 Å². The Bertz CT molecular complexity index is 728. The molecule has 2 aromatic rings. The number of nitrogens with one attached hydrogen (secondary N) is 2. The van der Waals surface area contributed by atoms with Crippen LogP contribution in [0.4, 0.5) is 0 Å². The quantitative estimate of drug-likeness (QED) is 0.378. The van der Waals surface area contributed by atoms with Gasteiger partial charge in [0.1, 0.15) is 12.4 Å². The molecule has 0 aliphatic carbocycles. The highest BCUT2D eigenvalue weighted by molar-refractivity contribution is 5.79. The zero-order valence-corrected chi connectivity index (χ0v) is 16.7. The van der Waals surface area contributed by atoms with Gasteiger partial charge in [-0.25, -0.2) is 0 Å². The van der Waals surface area contributed by atoms with Crippen molar-refractivity contribution < 1.29 is 14.0 Å². The van der Waals surface area contributed by atoms with Crippen LogP contribution in [-0.4, -0.2) is 38.0 Å². The molecule has 0 fully saturated rings. The van der Waals surface area contributed by atoms with E-state index in [0.29, 0.717) is 38.9 Å². The highest BCUT2D eigenvalue weighted by Crippen LogP contribution is 2.20. The van der Waals surface area contributed by atoms with Crippen LogP contribution in [0.15, 0.2) is 33.8 Å². The Morgan fingerprint density at radius 1 is 1.15 bits per heavy atom. The highest BCUT2D eigenvalue weighted by atomic mass is 16.5. The van der Waals surface area contributed by atoms with Gasteiger partial charge in [0.05, 0.1) is 18.8 Å². The van der Waals surface area contributed by atoms with Crippen LogP contribution in [0.5, 0.6) is 5.75 Å². The van der Waals surface area contributed by atoms with Crippen molar-refractivity contribution >= 4 is 5.96 Å². The number of rotatable bonds is 10. The van der Waals surface area contributed by atoms with E-state index in [1.165, 1.54) is 0 Å². The number of guanidine groups is 1. The fourth-order valence-electron chi connectivity index (χ4n) is 2.47. The summed E-state index contributed by atoms with van der Waals surface area (Å²) < 4.78 is 16.5. The third-order valence-corrected chi connectivity index (χ3v) is 3.98. The van der Waals surface area contributed by atoms with Crippen LogP contribution in [0.1, 0.15) is 36.4 Å². The van der Waals surface area contributed by atoms with Crippen molar-refractivity contribution in [3.8, 4) is 5.75 Å². The SMILES string of the molecule is CCOCCOc1cc(C)ccc1CNC(=NC)NCc1cc(CC)no1. The molecule has 0 spiro atoms. The maximum absolute atomic E-state index is 5.88. The minimum Gasteiger partial charge on any atom is -0.491 e. The number of nitrogens with zero attached hydrogens (tertiary/aromatic N) is 2. The largest absolute Gasteiger partial charge is 0.491 e. The fraction of sp³-hybridized carbons (Fsp3) is 0.500. The van der Waals surface area contributed by atoms with Crippen molar-refractivity contribution in [1.29, 1.82) is 0 Å². The molecule has 7 nitrogen and oxygen atoms in total. The van der Waals surface area contributed by atoms with Crippen molar-refractivity contribution in [2.45, 2.75) is 40.3 Å². The molecule has 0 saturated heterocycles. The summed E-state index contributed by atoms with van der Waals surface area (Å²) in [6, 6.07) is 8.13. The average Bonchev–Trinajstić information content (AvgIpc) is 3.14. The van der Waals surface area contributed by atoms with Gasteiger partial charge in [0.25, 0.3) is 0 Å². The van der Waals surface area contributed by atoms with Crippen LogP contribution in [0.2, 0.25) is 0 Å². The molecule has 1 heterocycles. The van der Waals surface area contributed by atoms with Gasteiger partial charge in [-0.3, -0.25) is 4.99 Å². The molecule has 0 atom stereocenters. The lowest BCUT2D eigenvalue weighted by Gasteiger charge is -2.15. The highest BCUT2D eigenvalue weighted by Gasteiger charge is 2.07. The Morgan fingerprint density at radius 3 is 2.67 bits per heavy atom. The normalized spacial score (nSPS) is 11.5. The summed E-state index contributed by atoms with van der Waals surface area (Å²) in [5.41, 5.74) is 3.17. The van der Waals surface area contributed by atoms with Crippen LogP contribution in [0.25, 0.3) is 0 Å². The standard InChI is InChI=1S/C20H30N4O3/c1-5-17-12-18(27-24-17)14-23-20(21-4)22-13-16-8-7-15(3)11-19(16)26-10-9-25-6-2/h7-8,11-12H,5-6,9-10,13-14H2,1-4H3,(H2,21,22,23). The smallest absolute Gasteiger partial charge is 0.191 e. The molecule has 1 aromatic heterocycles. The van der Waals surface area contributed by atoms with Gasteiger partial charge < -0.3 is 24.6 Å². The van der Waals surface area contributed by atoms with Crippen molar-refractivity contribution in [2.24, 2.45) is 4.99 Å². The molecular weight excluding hydrogens is 344 g/mol. The predicted octanol–water partition coefficient (Wildman–Crippen LogP) is 2.83. The van der Waals surface area contributed by atoms with Crippen LogP contribution in [0, 0.1) is 6.92 Å². The lowest BCUT2D eigenvalue weighted by Crippen LogP contribution is -2.36. The van der Waals surface area contributed by atoms with Crippen LogP contribution >= 0.6 is 0 Å². The van der Waals surface area contributed by atoms with Crippen molar-refractivity contribution in [1.82, 2.24) is 15.8 Å². The van der Waals surface area contributed by atoms with Gasteiger partial charge in [-0.2, -0.15) is 0 Å². The first-order valence-electron chi connectivity index (χ1n) is 9.35. The fourth-order valence-corrected chi connectivity index (χ4v) is 2.47. The second-order valence-corrected chi connectivity index (χ2v) is 6.07. The summed E-state index contributed by atoms with van der Waals surface area (Å²) in [5, 5.41) is 10.5. The van der Waals surface area contributed by atoms with Gasteiger partial charge >= 0.3 is 0 Å². The predicted molar refractivity (Wildman–Crippen MR) is 106 cm³/mol. The topological polar surface area (TPSA) is 80.9 Å². The number of aromatic nitrogens is 1. The zero-order valence-electron chi connectivity index (χ0n) is 16.7. The van der Waals surface area contributed by atoms with E-state index in [4.69, 9.17) is 14.0 Å². The van der Waals surface area contributed by atoms with Crippen molar-refractivity contribution in [3.63, 3.8) is 0 Å². The molecule has 1 aromatic carbocycles. The Hall–Kier alpha value is -2.54. The number of aryl methyl sites for hydroxylation is 2. The van der Waals surface area contributed by atoms with E-state index in [0.717, 1.165) is 34.8 Å². The summed E-state index contributed by atoms with van der Waals surface area (Å²) in [5.74, 6) is 2.33. The average molecular weight is 374 g/mol. The minimum absolute atomic E-state index is 0.526. The van der Waals surface area contributed by atoms with Gasteiger partial charge in [-0.15, -0.1) is 0 Å². The summed E-state index contributed by atoms with van der Waals surface area (Å²) >= 11 is 0. The first-order valence-corrected chi connectivity index (χ1v) is 9.35. The van der Waals surface area contributed by atoms with E-state index in [-0.39, 0.29) is 0 Å². The van der Waals surface area contributed by atoms with Gasteiger partial charge in [0, 0.05) is 31.8 Å². The lowest BCUT2D eigenvalue weighted by atomic mass is 10.1. The van der Waals surface area contributed by atoms with E-state index in [1.54, 1.807) is 7.05 Å². The summed E-state index contributed by atoms with van der Waals surface area (Å²) in [6.45, 7) is 9.00. The summed E-state index contributed by atoms with van der Waals surface area (Å²) in [6.07, 6.45) is 0.857. The number of benzene rings is 1. The molecule has 0 amide bonds. The maximum Gasteiger partial charge on any atom is 0.191 e. The van der Waals surface area contributed by atoms with Gasteiger partial charge in [0.2, 0.25) is 0 Å². The number of aliphatic imine (C=N–C) groups is 1. The third-order valence-electron chi connectivity index (χ3n) is 3.98. The molecule has 148 valence electrons. The molecule has 7 heteroatoms. The van der Waals surface area contributed by atoms with E-state index in [2.05, 4.69) is 39.8 Å². The molecule has 0 aliphatic heterocycles. The molecule has 0 radical (unpaired) electrons. The molecule has 0 unspecified atom stereocenters. The van der Waals surface area contributed by atoms with Gasteiger partial charge in [0.15, 0.2) is 11.7 Å². The molecule has 0 bridgehead atoms. The number of ether oxygens (including phenoxy) is 2. The van der Waals surface area contributed by atoms with Crippen LogP contribution in [-0.2, 0) is 24.2 Å². The Kier molecular flexibility index (Phi) is 8.64. The van der Waals surface area contributed by atoms with E-state index in [1.807, 2.05) is 26.0 Å². The van der Waals surface area contributed by atoms with Gasteiger partial charge in [-0.05, 0) is 31.9 Å². The van der Waals surface area contributed by atoms with Gasteiger partial charge in [-0.1, -0.05) is 24.2 Å². The molecule has 2 rings (SSSR count). The number of hydrogen-bond acceptors (Lipinski definition) is 5. The summed E-state index contributed by atoms with van der Waals surface area (Å²) in [4.78, 5) is 4.25. The second-order valence-electron chi connectivity index (χ2n) is 6.07. The van der Waals surface area contributed by atoms with E-state index in [9.17, 15) is 0 Å². The molecule has 27 heavy (non-hydrogen) atoms. The zero-order chi connectivity index (χ0) is 19.5. The molecule has 2 N–H and O–H groups in total. The Morgan fingerprint density at radius 2 is 1.96 bits per heavy atom. The van der Waals surface area contributed by atoms with Crippen molar-refractivity contribution in [3.05, 3.63) is 46.8 Å². The molecular formula is C20H30N4O3. The number of hydrogen-bond donors (Lipinski definition) is 2. The Balaban J connectivity index is 1.89. The van der Waals surface area contributed by atoms with Crippen LogP contribution in [0.3, 0.4) is 0 Å². The molecule has 0 saturated carbocycles. The second kappa shape index (κ2) is 11.2.